The second kappa shape index (κ2) is 14.2. The zero-order valence-corrected chi connectivity index (χ0v) is 19.6. The molecule has 4 nitrogen and oxygen atoms in total. The summed E-state index contributed by atoms with van der Waals surface area (Å²) in [6.45, 7) is 8.49. The Hall–Kier alpha value is -0.870. The summed E-state index contributed by atoms with van der Waals surface area (Å²) in [7, 11) is 0. The van der Waals surface area contributed by atoms with Crippen LogP contribution in [0.1, 0.15) is 97.3 Å². The Kier molecular flexibility index (Phi) is 12.1. The smallest absolute Gasteiger partial charge is 0.333 e. The van der Waals surface area contributed by atoms with Crippen molar-refractivity contribution in [1.29, 1.82) is 0 Å². The number of unbranched alkanes of at least 4 members (excludes halogenated alkanes) is 3. The SMILES string of the molecule is C=C(C)C(=O)OCC(CO)C1CCC(CCC2CCC(CCCCCC)CC2)CO1. The second-order valence-corrected chi connectivity index (χ2v) is 9.95. The molecule has 2 aliphatic rings. The highest BCUT2D eigenvalue weighted by Crippen LogP contribution is 2.36. The maximum Gasteiger partial charge on any atom is 0.333 e. The Labute approximate surface area is 184 Å². The van der Waals surface area contributed by atoms with Crippen LogP contribution in [-0.4, -0.2) is 37.0 Å². The molecule has 1 aliphatic heterocycles. The molecule has 4 heteroatoms. The lowest BCUT2D eigenvalue weighted by Gasteiger charge is -2.34. The van der Waals surface area contributed by atoms with Crippen molar-refractivity contribution in [3.05, 3.63) is 12.2 Å². The molecule has 0 bridgehead atoms. The summed E-state index contributed by atoms with van der Waals surface area (Å²) < 4.78 is 11.3. The van der Waals surface area contributed by atoms with Crippen LogP contribution in [0.4, 0.5) is 0 Å². The van der Waals surface area contributed by atoms with E-state index in [1.165, 1.54) is 70.6 Å². The lowest BCUT2D eigenvalue weighted by molar-refractivity contribution is -0.144. The molecule has 0 spiro atoms. The fraction of sp³-hybridized carbons (Fsp3) is 0.885. The standard InChI is InChI=1S/C26H46O4/c1-4-5-6-7-8-21-9-11-22(12-10-21)13-14-23-15-16-25(29-18-23)24(17-27)19-30-26(28)20(2)3/h21-25,27H,2,4-19H2,1,3H3. The highest BCUT2D eigenvalue weighted by atomic mass is 16.5. The topological polar surface area (TPSA) is 55.8 Å². The van der Waals surface area contributed by atoms with Crippen molar-refractivity contribution >= 4 is 5.97 Å². The summed E-state index contributed by atoms with van der Waals surface area (Å²) in [6, 6.07) is 0. The van der Waals surface area contributed by atoms with Crippen molar-refractivity contribution in [2.75, 3.05) is 19.8 Å². The van der Waals surface area contributed by atoms with Crippen molar-refractivity contribution in [3.63, 3.8) is 0 Å². The van der Waals surface area contributed by atoms with Gasteiger partial charge in [-0.05, 0) is 43.9 Å². The number of aliphatic hydroxyl groups excluding tert-OH is 1. The quantitative estimate of drug-likeness (QED) is 0.222. The lowest BCUT2D eigenvalue weighted by atomic mass is 9.77. The predicted octanol–water partition coefficient (Wildman–Crippen LogP) is 6.07. The molecule has 1 saturated heterocycles. The van der Waals surface area contributed by atoms with Gasteiger partial charge in [0.2, 0.25) is 0 Å². The second-order valence-electron chi connectivity index (χ2n) is 9.95. The van der Waals surface area contributed by atoms with Gasteiger partial charge in [0.15, 0.2) is 0 Å². The average molecular weight is 423 g/mol. The number of hydrogen-bond donors (Lipinski definition) is 1. The Balaban J connectivity index is 1.58. The molecule has 30 heavy (non-hydrogen) atoms. The Morgan fingerprint density at radius 3 is 2.20 bits per heavy atom. The van der Waals surface area contributed by atoms with E-state index in [-0.39, 0.29) is 25.2 Å². The number of carbonyl (C=O) groups excluding carboxylic acids is 1. The molecule has 1 saturated carbocycles. The van der Waals surface area contributed by atoms with Gasteiger partial charge in [0.25, 0.3) is 0 Å². The third-order valence-corrected chi connectivity index (χ3v) is 7.36. The van der Waals surface area contributed by atoms with E-state index in [0.717, 1.165) is 31.3 Å². The minimum Gasteiger partial charge on any atom is -0.462 e. The van der Waals surface area contributed by atoms with Gasteiger partial charge in [-0.3, -0.25) is 0 Å². The first kappa shape index (κ1) is 25.4. The van der Waals surface area contributed by atoms with E-state index in [2.05, 4.69) is 13.5 Å². The van der Waals surface area contributed by atoms with Crippen LogP contribution in [0, 0.1) is 23.7 Å². The molecule has 0 amide bonds. The van der Waals surface area contributed by atoms with Gasteiger partial charge in [0.1, 0.15) is 0 Å². The number of carbonyl (C=O) groups is 1. The van der Waals surface area contributed by atoms with Gasteiger partial charge < -0.3 is 14.6 Å². The maximum atomic E-state index is 11.6. The zero-order valence-electron chi connectivity index (χ0n) is 19.6. The molecule has 2 fully saturated rings. The monoisotopic (exact) mass is 422 g/mol. The summed E-state index contributed by atoms with van der Waals surface area (Å²) in [6.07, 6.45) is 17.5. The molecule has 0 aromatic heterocycles. The molecule has 1 aliphatic carbocycles. The third-order valence-electron chi connectivity index (χ3n) is 7.36. The van der Waals surface area contributed by atoms with Crippen LogP contribution in [0.25, 0.3) is 0 Å². The van der Waals surface area contributed by atoms with Gasteiger partial charge >= 0.3 is 5.97 Å². The van der Waals surface area contributed by atoms with Crippen LogP contribution < -0.4 is 0 Å². The predicted molar refractivity (Wildman–Crippen MR) is 122 cm³/mol. The van der Waals surface area contributed by atoms with E-state index in [1.807, 2.05) is 0 Å². The van der Waals surface area contributed by atoms with Gasteiger partial charge in [-0.25, -0.2) is 4.79 Å². The molecule has 0 aromatic rings. The van der Waals surface area contributed by atoms with Crippen LogP contribution in [0.15, 0.2) is 12.2 Å². The highest BCUT2D eigenvalue weighted by molar-refractivity contribution is 5.86. The van der Waals surface area contributed by atoms with Gasteiger partial charge in [0.05, 0.1) is 19.3 Å². The molecule has 174 valence electrons. The fourth-order valence-electron chi connectivity index (χ4n) is 5.15. The lowest BCUT2D eigenvalue weighted by Crippen LogP contribution is -2.36. The van der Waals surface area contributed by atoms with Crippen LogP contribution in [0.5, 0.6) is 0 Å². The highest BCUT2D eigenvalue weighted by Gasteiger charge is 2.30. The number of esters is 1. The largest absolute Gasteiger partial charge is 0.462 e. The van der Waals surface area contributed by atoms with Crippen LogP contribution in [0.3, 0.4) is 0 Å². The molecule has 1 heterocycles. The first-order valence-electron chi connectivity index (χ1n) is 12.6. The number of aliphatic hydroxyl groups is 1. The van der Waals surface area contributed by atoms with Crippen LogP contribution >= 0.6 is 0 Å². The summed E-state index contributed by atoms with van der Waals surface area (Å²) in [4.78, 5) is 11.6. The minimum absolute atomic E-state index is 0.00711. The van der Waals surface area contributed by atoms with Crippen LogP contribution in [0.2, 0.25) is 0 Å². The normalized spacial score (nSPS) is 28.1. The Bertz CT molecular complexity index is 487. The third kappa shape index (κ3) is 9.09. The number of rotatable bonds is 13. The molecular weight excluding hydrogens is 376 g/mol. The van der Waals surface area contributed by atoms with Gasteiger partial charge in [-0.1, -0.05) is 77.7 Å². The van der Waals surface area contributed by atoms with E-state index < -0.39 is 5.97 Å². The molecular formula is C26H46O4. The summed E-state index contributed by atoms with van der Waals surface area (Å²) in [5, 5.41) is 9.68. The van der Waals surface area contributed by atoms with E-state index in [9.17, 15) is 9.90 Å². The van der Waals surface area contributed by atoms with E-state index >= 15 is 0 Å². The van der Waals surface area contributed by atoms with Gasteiger partial charge in [0, 0.05) is 18.1 Å². The maximum absolute atomic E-state index is 11.6. The Morgan fingerprint density at radius 2 is 1.63 bits per heavy atom. The molecule has 3 unspecified atom stereocenters. The van der Waals surface area contributed by atoms with Crippen molar-refractivity contribution in [3.8, 4) is 0 Å². The molecule has 0 radical (unpaired) electrons. The first-order chi connectivity index (χ1) is 14.5. The Morgan fingerprint density at radius 1 is 1.00 bits per heavy atom. The van der Waals surface area contributed by atoms with Gasteiger partial charge in [-0.15, -0.1) is 0 Å². The van der Waals surface area contributed by atoms with Crippen molar-refractivity contribution < 1.29 is 19.4 Å². The average Bonchev–Trinajstić information content (AvgIpc) is 2.77. The first-order valence-corrected chi connectivity index (χ1v) is 12.6. The van der Waals surface area contributed by atoms with E-state index in [0.29, 0.717) is 11.5 Å². The van der Waals surface area contributed by atoms with E-state index in [4.69, 9.17) is 9.47 Å². The summed E-state index contributed by atoms with van der Waals surface area (Å²) in [5.74, 6) is 2.03. The van der Waals surface area contributed by atoms with Crippen molar-refractivity contribution in [2.24, 2.45) is 23.7 Å². The molecule has 0 aromatic carbocycles. The zero-order chi connectivity index (χ0) is 21.8. The number of hydrogen-bond acceptors (Lipinski definition) is 4. The summed E-state index contributed by atoms with van der Waals surface area (Å²) >= 11 is 0. The van der Waals surface area contributed by atoms with Gasteiger partial charge in [-0.2, -0.15) is 0 Å². The number of ether oxygens (including phenoxy) is 2. The van der Waals surface area contributed by atoms with E-state index in [1.54, 1.807) is 6.92 Å². The molecule has 1 N–H and O–H groups in total. The minimum atomic E-state index is -0.391. The van der Waals surface area contributed by atoms with Crippen LogP contribution in [-0.2, 0) is 14.3 Å². The fourth-order valence-corrected chi connectivity index (χ4v) is 5.15. The summed E-state index contributed by atoms with van der Waals surface area (Å²) in [5.41, 5.74) is 0.391. The van der Waals surface area contributed by atoms with Crippen molar-refractivity contribution in [2.45, 2.75) is 103 Å². The molecule has 3 atom stereocenters. The molecule has 2 rings (SSSR count). The van der Waals surface area contributed by atoms with Crippen molar-refractivity contribution in [1.82, 2.24) is 0 Å².